The van der Waals surface area contributed by atoms with Gasteiger partial charge in [-0.1, -0.05) is 45.0 Å². The van der Waals surface area contributed by atoms with Crippen LogP contribution >= 0.6 is 0 Å². The van der Waals surface area contributed by atoms with Crippen molar-refractivity contribution in [2.45, 2.75) is 26.2 Å². The maximum atomic E-state index is 6.35. The highest BCUT2D eigenvalue weighted by molar-refractivity contribution is 6.19. The van der Waals surface area contributed by atoms with Crippen molar-refractivity contribution in [3.05, 3.63) is 78.7 Å². The largest absolute Gasteiger partial charge is 0.464 e. The van der Waals surface area contributed by atoms with Gasteiger partial charge in [-0.15, -0.1) is 0 Å². The molecule has 3 heteroatoms. The Labute approximate surface area is 173 Å². The number of nitrogens with zero attached hydrogens (tertiary/aromatic N) is 1. The molecule has 3 heterocycles. The zero-order valence-electron chi connectivity index (χ0n) is 17.2. The first kappa shape index (κ1) is 17.3. The van der Waals surface area contributed by atoms with Gasteiger partial charge in [0, 0.05) is 27.9 Å². The standard InChI is InChI=1S/C27H21NO2/c1-27(2,3)21-15-17(14-16-6-4-5-7-18(16)21)25-26-20(10-12-28-25)24-19-11-13-29-22(19)8-9-23(24)30-26/h4-15H,1-3H3. The van der Waals surface area contributed by atoms with Crippen LogP contribution in [0.3, 0.4) is 0 Å². The van der Waals surface area contributed by atoms with Gasteiger partial charge in [-0.05, 0) is 58.1 Å². The minimum atomic E-state index is 0.0142. The summed E-state index contributed by atoms with van der Waals surface area (Å²) in [5, 5.41) is 5.71. The summed E-state index contributed by atoms with van der Waals surface area (Å²) >= 11 is 0. The third-order valence-corrected chi connectivity index (χ3v) is 5.93. The summed E-state index contributed by atoms with van der Waals surface area (Å²) in [6, 6.07) is 21.0. The van der Waals surface area contributed by atoms with E-state index < -0.39 is 0 Å². The van der Waals surface area contributed by atoms with Gasteiger partial charge in [-0.25, -0.2) is 0 Å². The summed E-state index contributed by atoms with van der Waals surface area (Å²) in [5.74, 6) is 0. The highest BCUT2D eigenvalue weighted by Crippen LogP contribution is 2.40. The first-order valence-electron chi connectivity index (χ1n) is 10.2. The van der Waals surface area contributed by atoms with Crippen LogP contribution in [0.15, 0.2) is 82.0 Å². The van der Waals surface area contributed by atoms with Gasteiger partial charge >= 0.3 is 0 Å². The van der Waals surface area contributed by atoms with Crippen molar-refractivity contribution in [2.24, 2.45) is 0 Å². The number of benzene rings is 3. The molecule has 0 saturated carbocycles. The molecule has 30 heavy (non-hydrogen) atoms. The summed E-state index contributed by atoms with van der Waals surface area (Å²) < 4.78 is 12.0. The average molecular weight is 391 g/mol. The van der Waals surface area contributed by atoms with Crippen molar-refractivity contribution < 1.29 is 8.83 Å². The molecule has 0 aliphatic heterocycles. The lowest BCUT2D eigenvalue weighted by Crippen LogP contribution is -2.12. The van der Waals surface area contributed by atoms with E-state index in [0.29, 0.717) is 0 Å². The van der Waals surface area contributed by atoms with E-state index in [1.165, 1.54) is 16.3 Å². The molecule has 0 aliphatic carbocycles. The van der Waals surface area contributed by atoms with Crippen molar-refractivity contribution in [1.29, 1.82) is 0 Å². The molecule has 6 aromatic rings. The Hall–Kier alpha value is -3.59. The average Bonchev–Trinajstić information content (AvgIpc) is 3.35. The molecule has 3 aromatic heterocycles. The van der Waals surface area contributed by atoms with Gasteiger partial charge < -0.3 is 8.83 Å². The molecule has 0 radical (unpaired) electrons. The number of pyridine rings is 1. The quantitative estimate of drug-likeness (QED) is 0.286. The minimum absolute atomic E-state index is 0.0142. The van der Waals surface area contributed by atoms with Crippen LogP contribution < -0.4 is 0 Å². The van der Waals surface area contributed by atoms with E-state index in [9.17, 15) is 0 Å². The van der Waals surface area contributed by atoms with Gasteiger partial charge in [0.15, 0.2) is 5.58 Å². The molecule has 6 rings (SSSR count). The Balaban J connectivity index is 1.71. The van der Waals surface area contributed by atoms with Crippen LogP contribution in [-0.4, -0.2) is 4.98 Å². The summed E-state index contributed by atoms with van der Waals surface area (Å²) in [7, 11) is 0. The number of fused-ring (bicyclic) bond motifs is 6. The maximum absolute atomic E-state index is 6.35. The summed E-state index contributed by atoms with van der Waals surface area (Å²) in [4.78, 5) is 4.75. The van der Waals surface area contributed by atoms with Crippen LogP contribution in [0.2, 0.25) is 0 Å². The van der Waals surface area contributed by atoms with Crippen LogP contribution in [0, 0.1) is 0 Å². The Morgan fingerprint density at radius 2 is 1.63 bits per heavy atom. The second-order valence-electron chi connectivity index (χ2n) is 8.90. The van der Waals surface area contributed by atoms with Gasteiger partial charge in [-0.2, -0.15) is 0 Å². The smallest absolute Gasteiger partial charge is 0.161 e. The zero-order chi connectivity index (χ0) is 20.5. The lowest BCUT2D eigenvalue weighted by molar-refractivity contribution is 0.596. The van der Waals surface area contributed by atoms with E-state index >= 15 is 0 Å². The lowest BCUT2D eigenvalue weighted by atomic mass is 9.82. The number of hydrogen-bond acceptors (Lipinski definition) is 3. The van der Waals surface area contributed by atoms with Crippen molar-refractivity contribution in [1.82, 2.24) is 4.98 Å². The topological polar surface area (TPSA) is 39.2 Å². The van der Waals surface area contributed by atoms with Crippen LogP contribution in [0.5, 0.6) is 0 Å². The maximum Gasteiger partial charge on any atom is 0.161 e. The fourth-order valence-corrected chi connectivity index (χ4v) is 4.52. The highest BCUT2D eigenvalue weighted by Gasteiger charge is 2.21. The minimum Gasteiger partial charge on any atom is -0.464 e. The number of furan rings is 2. The van der Waals surface area contributed by atoms with Gasteiger partial charge in [0.1, 0.15) is 16.9 Å². The predicted molar refractivity (Wildman–Crippen MR) is 123 cm³/mol. The van der Waals surface area contributed by atoms with E-state index in [0.717, 1.165) is 44.2 Å². The van der Waals surface area contributed by atoms with E-state index in [4.69, 9.17) is 13.8 Å². The Morgan fingerprint density at radius 3 is 2.50 bits per heavy atom. The second kappa shape index (κ2) is 5.96. The third-order valence-electron chi connectivity index (χ3n) is 5.93. The fraction of sp³-hybridized carbons (Fsp3) is 0.148. The summed E-state index contributed by atoms with van der Waals surface area (Å²) in [6.07, 6.45) is 3.60. The number of aromatic nitrogens is 1. The number of hydrogen-bond donors (Lipinski definition) is 0. The van der Waals surface area contributed by atoms with Gasteiger partial charge in [0.05, 0.1) is 6.26 Å². The molecule has 0 amide bonds. The molecule has 0 bridgehead atoms. The van der Waals surface area contributed by atoms with Crippen molar-refractivity contribution in [2.75, 3.05) is 0 Å². The second-order valence-corrected chi connectivity index (χ2v) is 8.90. The van der Waals surface area contributed by atoms with E-state index in [-0.39, 0.29) is 5.41 Å². The van der Waals surface area contributed by atoms with Gasteiger partial charge in [-0.3, -0.25) is 4.98 Å². The van der Waals surface area contributed by atoms with Crippen LogP contribution in [0.4, 0.5) is 0 Å². The first-order valence-corrected chi connectivity index (χ1v) is 10.2. The first-order chi connectivity index (χ1) is 14.5. The monoisotopic (exact) mass is 391 g/mol. The molecule has 0 atom stereocenters. The normalized spacial score (nSPS) is 12.5. The Bertz CT molecular complexity index is 1580. The van der Waals surface area contributed by atoms with E-state index in [1.54, 1.807) is 6.26 Å². The molecule has 0 saturated heterocycles. The molecular weight excluding hydrogens is 370 g/mol. The molecule has 3 nitrogen and oxygen atoms in total. The third kappa shape index (κ3) is 2.42. The van der Waals surface area contributed by atoms with Gasteiger partial charge in [0.2, 0.25) is 0 Å². The Morgan fingerprint density at radius 1 is 0.800 bits per heavy atom. The van der Waals surface area contributed by atoms with E-state index in [2.05, 4.69) is 57.2 Å². The SMILES string of the molecule is CC(C)(C)c1cc(-c2nccc3c2oc2ccc4occc4c23)cc2ccccc12. The highest BCUT2D eigenvalue weighted by atomic mass is 16.3. The number of rotatable bonds is 1. The molecule has 146 valence electrons. The van der Waals surface area contributed by atoms with Crippen LogP contribution in [0.25, 0.3) is 54.9 Å². The molecule has 0 N–H and O–H groups in total. The van der Waals surface area contributed by atoms with Crippen molar-refractivity contribution in [3.8, 4) is 11.3 Å². The molecule has 0 aliphatic rings. The molecule has 0 unspecified atom stereocenters. The molecular formula is C27H21NO2. The van der Waals surface area contributed by atoms with Crippen LogP contribution in [0.1, 0.15) is 26.3 Å². The van der Waals surface area contributed by atoms with E-state index in [1.807, 2.05) is 30.5 Å². The Kier molecular flexibility index (Phi) is 3.43. The van der Waals surface area contributed by atoms with Gasteiger partial charge in [0.25, 0.3) is 0 Å². The fourth-order valence-electron chi connectivity index (χ4n) is 4.52. The molecule has 3 aromatic carbocycles. The summed E-state index contributed by atoms with van der Waals surface area (Å²) in [5.41, 5.74) is 5.80. The predicted octanol–water partition coefficient (Wildman–Crippen LogP) is 7.84. The zero-order valence-corrected chi connectivity index (χ0v) is 17.2. The van der Waals surface area contributed by atoms with Crippen LogP contribution in [-0.2, 0) is 5.41 Å². The lowest BCUT2D eigenvalue weighted by Gasteiger charge is -2.22. The van der Waals surface area contributed by atoms with Crippen molar-refractivity contribution >= 4 is 43.7 Å². The van der Waals surface area contributed by atoms with Crippen molar-refractivity contribution in [3.63, 3.8) is 0 Å². The summed E-state index contributed by atoms with van der Waals surface area (Å²) in [6.45, 7) is 6.76. The molecule has 0 spiro atoms. The molecule has 0 fully saturated rings.